The van der Waals surface area contributed by atoms with Crippen LogP contribution in [0.25, 0.3) is 0 Å². The third kappa shape index (κ3) is 2.03. The molecule has 2 rings (SSSR count). The summed E-state index contributed by atoms with van der Waals surface area (Å²) >= 11 is 0. The third-order valence-electron chi connectivity index (χ3n) is 2.36. The number of aromatic hydroxyl groups is 1. The van der Waals surface area contributed by atoms with E-state index < -0.39 is 0 Å². The summed E-state index contributed by atoms with van der Waals surface area (Å²) < 4.78 is 10.3. The van der Waals surface area contributed by atoms with Gasteiger partial charge in [0, 0.05) is 12.5 Å². The monoisotopic (exact) mass is 208 g/mol. The molecule has 0 saturated heterocycles. The molecule has 1 unspecified atom stereocenters. The molecule has 1 atom stereocenters. The SMILES string of the molecule is CC(=O)OCC1COc2ccc(O)cc21. The topological polar surface area (TPSA) is 55.8 Å². The molecule has 1 aliphatic rings. The first-order chi connectivity index (χ1) is 7.16. The Morgan fingerprint density at radius 2 is 2.47 bits per heavy atom. The van der Waals surface area contributed by atoms with Crippen LogP contribution in [-0.4, -0.2) is 24.3 Å². The van der Waals surface area contributed by atoms with E-state index >= 15 is 0 Å². The summed E-state index contributed by atoms with van der Waals surface area (Å²) in [4.78, 5) is 10.7. The summed E-state index contributed by atoms with van der Waals surface area (Å²) in [6.07, 6.45) is 0. The normalized spacial score (nSPS) is 18.1. The number of benzene rings is 1. The van der Waals surface area contributed by atoms with E-state index in [2.05, 4.69) is 0 Å². The van der Waals surface area contributed by atoms with E-state index in [0.29, 0.717) is 13.2 Å². The Hall–Kier alpha value is -1.71. The van der Waals surface area contributed by atoms with Crippen LogP contribution in [-0.2, 0) is 9.53 Å². The predicted octanol–water partition coefficient (Wildman–Crippen LogP) is 1.43. The number of carbonyl (C=O) groups excluding carboxylic acids is 1. The van der Waals surface area contributed by atoms with Crippen LogP contribution >= 0.6 is 0 Å². The Labute approximate surface area is 87.4 Å². The first-order valence-electron chi connectivity index (χ1n) is 4.76. The van der Waals surface area contributed by atoms with Crippen LogP contribution in [0.1, 0.15) is 18.4 Å². The number of carbonyl (C=O) groups is 1. The number of ether oxygens (including phenoxy) is 2. The van der Waals surface area contributed by atoms with Gasteiger partial charge in [0.1, 0.15) is 18.1 Å². The van der Waals surface area contributed by atoms with Crippen LogP contribution in [0.2, 0.25) is 0 Å². The van der Waals surface area contributed by atoms with Gasteiger partial charge in [0.25, 0.3) is 0 Å². The van der Waals surface area contributed by atoms with Crippen molar-refractivity contribution < 1.29 is 19.4 Å². The van der Waals surface area contributed by atoms with Gasteiger partial charge in [0.15, 0.2) is 0 Å². The van der Waals surface area contributed by atoms with Gasteiger partial charge >= 0.3 is 5.97 Å². The Balaban J connectivity index is 2.13. The van der Waals surface area contributed by atoms with Gasteiger partial charge in [-0.05, 0) is 18.2 Å². The molecule has 4 nitrogen and oxygen atoms in total. The predicted molar refractivity (Wildman–Crippen MR) is 53.0 cm³/mol. The molecular weight excluding hydrogens is 196 g/mol. The van der Waals surface area contributed by atoms with Gasteiger partial charge in [0.05, 0.1) is 12.5 Å². The smallest absolute Gasteiger partial charge is 0.302 e. The van der Waals surface area contributed by atoms with Crippen molar-refractivity contribution in [3.8, 4) is 11.5 Å². The summed E-state index contributed by atoms with van der Waals surface area (Å²) in [7, 11) is 0. The van der Waals surface area contributed by atoms with Crippen LogP contribution in [0.5, 0.6) is 11.5 Å². The molecule has 0 fully saturated rings. The molecule has 1 heterocycles. The number of hydrogen-bond acceptors (Lipinski definition) is 4. The molecular formula is C11H12O4. The number of rotatable bonds is 2. The maximum Gasteiger partial charge on any atom is 0.302 e. The van der Waals surface area contributed by atoms with Gasteiger partial charge in [-0.2, -0.15) is 0 Å². The van der Waals surface area contributed by atoms with Crippen molar-refractivity contribution in [1.82, 2.24) is 0 Å². The Morgan fingerprint density at radius 3 is 3.20 bits per heavy atom. The highest BCUT2D eigenvalue weighted by Gasteiger charge is 2.25. The van der Waals surface area contributed by atoms with Crippen molar-refractivity contribution >= 4 is 5.97 Å². The van der Waals surface area contributed by atoms with Crippen LogP contribution in [0.4, 0.5) is 0 Å². The van der Waals surface area contributed by atoms with E-state index in [-0.39, 0.29) is 17.6 Å². The summed E-state index contributed by atoms with van der Waals surface area (Å²) in [5.41, 5.74) is 0.899. The fourth-order valence-electron chi connectivity index (χ4n) is 1.62. The molecule has 1 aliphatic heterocycles. The number of fused-ring (bicyclic) bond motifs is 1. The lowest BCUT2D eigenvalue weighted by Gasteiger charge is -2.08. The zero-order valence-electron chi connectivity index (χ0n) is 8.40. The number of hydrogen-bond donors (Lipinski definition) is 1. The lowest BCUT2D eigenvalue weighted by atomic mass is 10.0. The maximum atomic E-state index is 10.7. The van der Waals surface area contributed by atoms with E-state index in [9.17, 15) is 9.90 Å². The van der Waals surface area contributed by atoms with Gasteiger partial charge in [0.2, 0.25) is 0 Å². The van der Waals surface area contributed by atoms with Gasteiger partial charge in [-0.1, -0.05) is 0 Å². The zero-order valence-corrected chi connectivity index (χ0v) is 8.40. The summed E-state index contributed by atoms with van der Waals surface area (Å²) in [6, 6.07) is 4.95. The summed E-state index contributed by atoms with van der Waals surface area (Å²) in [5.74, 6) is 0.677. The highest BCUT2D eigenvalue weighted by molar-refractivity contribution is 5.66. The van der Waals surface area contributed by atoms with Crippen LogP contribution < -0.4 is 4.74 Å². The minimum atomic E-state index is -0.302. The minimum absolute atomic E-state index is 0.0241. The average molecular weight is 208 g/mol. The number of phenolic OH excluding ortho intramolecular Hbond substituents is 1. The van der Waals surface area contributed by atoms with E-state index in [1.807, 2.05) is 0 Å². The molecule has 0 aliphatic carbocycles. The molecule has 0 bridgehead atoms. The van der Waals surface area contributed by atoms with Gasteiger partial charge in [-0.25, -0.2) is 0 Å². The van der Waals surface area contributed by atoms with E-state index in [1.54, 1.807) is 18.2 Å². The largest absolute Gasteiger partial charge is 0.508 e. The average Bonchev–Trinajstić information content (AvgIpc) is 2.57. The molecule has 0 aromatic heterocycles. The van der Waals surface area contributed by atoms with E-state index in [4.69, 9.17) is 9.47 Å². The maximum absolute atomic E-state index is 10.7. The van der Waals surface area contributed by atoms with Crippen molar-refractivity contribution in [2.75, 3.05) is 13.2 Å². The lowest BCUT2D eigenvalue weighted by molar-refractivity contribution is -0.141. The van der Waals surface area contributed by atoms with Crippen LogP contribution in [0.3, 0.4) is 0 Å². The molecule has 0 spiro atoms. The molecule has 0 amide bonds. The second-order valence-corrected chi connectivity index (χ2v) is 3.53. The molecule has 1 aromatic rings. The molecule has 15 heavy (non-hydrogen) atoms. The van der Waals surface area contributed by atoms with Crippen molar-refractivity contribution in [2.24, 2.45) is 0 Å². The fourth-order valence-corrected chi connectivity index (χ4v) is 1.62. The van der Waals surface area contributed by atoms with Gasteiger partial charge in [-0.15, -0.1) is 0 Å². The fraction of sp³-hybridized carbons (Fsp3) is 0.364. The highest BCUT2D eigenvalue weighted by atomic mass is 16.5. The summed E-state index contributed by atoms with van der Waals surface area (Å²) in [6.45, 7) is 2.16. The molecule has 80 valence electrons. The molecule has 1 aromatic carbocycles. The minimum Gasteiger partial charge on any atom is -0.508 e. The zero-order chi connectivity index (χ0) is 10.8. The van der Waals surface area contributed by atoms with Gasteiger partial charge in [-0.3, -0.25) is 4.79 Å². The molecule has 0 radical (unpaired) electrons. The van der Waals surface area contributed by atoms with Crippen molar-refractivity contribution in [2.45, 2.75) is 12.8 Å². The third-order valence-corrected chi connectivity index (χ3v) is 2.36. The van der Waals surface area contributed by atoms with Crippen LogP contribution in [0, 0.1) is 0 Å². The molecule has 0 saturated carbocycles. The second-order valence-electron chi connectivity index (χ2n) is 3.53. The highest BCUT2D eigenvalue weighted by Crippen LogP contribution is 2.36. The lowest BCUT2D eigenvalue weighted by Crippen LogP contribution is -2.11. The summed E-state index contributed by atoms with van der Waals surface area (Å²) in [5, 5.41) is 9.33. The van der Waals surface area contributed by atoms with E-state index in [1.165, 1.54) is 6.92 Å². The first-order valence-corrected chi connectivity index (χ1v) is 4.76. The second kappa shape index (κ2) is 3.81. The number of esters is 1. The van der Waals surface area contributed by atoms with Gasteiger partial charge < -0.3 is 14.6 Å². The standard InChI is InChI=1S/C11H12O4/c1-7(12)14-5-8-6-15-11-3-2-9(13)4-10(8)11/h2-4,8,13H,5-6H2,1H3. The number of phenols is 1. The Morgan fingerprint density at radius 1 is 1.67 bits per heavy atom. The van der Waals surface area contributed by atoms with Crippen molar-refractivity contribution in [3.63, 3.8) is 0 Å². The Kier molecular flexibility index (Phi) is 2.49. The molecule has 4 heteroatoms. The van der Waals surface area contributed by atoms with E-state index in [0.717, 1.165) is 11.3 Å². The van der Waals surface area contributed by atoms with Crippen molar-refractivity contribution in [3.05, 3.63) is 23.8 Å². The first kappa shape index (κ1) is 9.83. The molecule has 1 N–H and O–H groups in total. The van der Waals surface area contributed by atoms with Crippen LogP contribution in [0.15, 0.2) is 18.2 Å². The Bertz CT molecular complexity index is 386. The van der Waals surface area contributed by atoms with Crippen molar-refractivity contribution in [1.29, 1.82) is 0 Å². The quantitative estimate of drug-likeness (QED) is 0.747.